The molecule has 2 aromatic rings. The molecule has 1 aromatic heterocycles. The van der Waals surface area contributed by atoms with Crippen molar-refractivity contribution >= 4 is 17.5 Å². The summed E-state index contributed by atoms with van der Waals surface area (Å²) in [5, 5.41) is 7.08. The van der Waals surface area contributed by atoms with Gasteiger partial charge in [-0.1, -0.05) is 0 Å². The van der Waals surface area contributed by atoms with Crippen molar-refractivity contribution in [3.8, 4) is 0 Å². The number of anilines is 1. The number of nitrogens with two attached hydrogens (primary N) is 1. The van der Waals surface area contributed by atoms with E-state index < -0.39 is 5.91 Å². The molecule has 0 radical (unpaired) electrons. The summed E-state index contributed by atoms with van der Waals surface area (Å²) in [6, 6.07) is 6.66. The van der Waals surface area contributed by atoms with Crippen molar-refractivity contribution in [2.45, 2.75) is 27.3 Å². The van der Waals surface area contributed by atoms with Crippen LogP contribution < -0.4 is 11.1 Å². The van der Waals surface area contributed by atoms with E-state index in [4.69, 9.17) is 5.73 Å². The first-order valence-electron chi connectivity index (χ1n) is 6.68. The van der Waals surface area contributed by atoms with E-state index in [0.29, 0.717) is 23.5 Å². The van der Waals surface area contributed by atoms with Gasteiger partial charge in [-0.25, -0.2) is 0 Å². The summed E-state index contributed by atoms with van der Waals surface area (Å²) in [6.45, 7) is 6.20. The number of hydrogen-bond acceptors (Lipinski definition) is 3. The SMILES string of the molecule is CCn1nc(C)cc1C(=O)Nc1ccc(C(N)=O)cc1C. The topological polar surface area (TPSA) is 90.0 Å². The largest absolute Gasteiger partial charge is 0.366 e. The molecule has 0 bridgehead atoms. The number of rotatable bonds is 4. The third kappa shape index (κ3) is 3.10. The average molecular weight is 286 g/mol. The molecule has 0 unspecified atom stereocenters. The van der Waals surface area contributed by atoms with Crippen molar-refractivity contribution in [1.29, 1.82) is 0 Å². The van der Waals surface area contributed by atoms with Gasteiger partial charge in [-0.3, -0.25) is 14.3 Å². The molecule has 2 amide bonds. The molecule has 3 N–H and O–H groups in total. The highest BCUT2D eigenvalue weighted by atomic mass is 16.2. The van der Waals surface area contributed by atoms with Crippen molar-refractivity contribution in [2.24, 2.45) is 5.73 Å². The Balaban J connectivity index is 2.25. The zero-order chi connectivity index (χ0) is 15.6. The highest BCUT2D eigenvalue weighted by Gasteiger charge is 2.14. The fourth-order valence-corrected chi connectivity index (χ4v) is 2.11. The van der Waals surface area contributed by atoms with Gasteiger partial charge in [-0.2, -0.15) is 5.10 Å². The molecule has 0 aliphatic carbocycles. The highest BCUT2D eigenvalue weighted by Crippen LogP contribution is 2.17. The summed E-state index contributed by atoms with van der Waals surface area (Å²) < 4.78 is 1.65. The van der Waals surface area contributed by atoms with Crippen molar-refractivity contribution in [3.63, 3.8) is 0 Å². The summed E-state index contributed by atoms with van der Waals surface area (Å²) in [5.41, 5.74) is 8.37. The Labute approximate surface area is 122 Å². The standard InChI is InChI=1S/C15H18N4O2/c1-4-19-13(8-10(3)18-19)15(21)17-12-6-5-11(14(16)20)7-9(12)2/h5-8H,4H2,1-3H3,(H2,16,20)(H,17,21). The Morgan fingerprint density at radius 1 is 1.29 bits per heavy atom. The average Bonchev–Trinajstić information content (AvgIpc) is 2.82. The molecule has 6 heteroatoms. The van der Waals surface area contributed by atoms with Crippen LogP contribution in [0, 0.1) is 13.8 Å². The van der Waals surface area contributed by atoms with Crippen molar-refractivity contribution in [2.75, 3.05) is 5.32 Å². The minimum Gasteiger partial charge on any atom is -0.366 e. The van der Waals surface area contributed by atoms with Gasteiger partial charge in [0.25, 0.3) is 5.91 Å². The van der Waals surface area contributed by atoms with E-state index in [-0.39, 0.29) is 5.91 Å². The van der Waals surface area contributed by atoms with Crippen molar-refractivity contribution < 1.29 is 9.59 Å². The Morgan fingerprint density at radius 2 is 2.00 bits per heavy atom. The van der Waals surface area contributed by atoms with Crippen LogP contribution in [0.5, 0.6) is 0 Å². The van der Waals surface area contributed by atoms with Crippen LogP contribution >= 0.6 is 0 Å². The third-order valence-electron chi connectivity index (χ3n) is 3.19. The lowest BCUT2D eigenvalue weighted by molar-refractivity contribution is 0.0997. The van der Waals surface area contributed by atoms with Crippen molar-refractivity contribution in [1.82, 2.24) is 9.78 Å². The van der Waals surface area contributed by atoms with Crippen LogP contribution in [0.3, 0.4) is 0 Å². The lowest BCUT2D eigenvalue weighted by Gasteiger charge is -2.10. The van der Waals surface area contributed by atoms with Gasteiger partial charge in [-0.05, 0) is 50.6 Å². The molecule has 1 heterocycles. The van der Waals surface area contributed by atoms with Gasteiger partial charge in [0, 0.05) is 17.8 Å². The number of benzene rings is 1. The molecule has 0 fully saturated rings. The quantitative estimate of drug-likeness (QED) is 0.899. The molecular formula is C15H18N4O2. The Kier molecular flexibility index (Phi) is 4.07. The summed E-state index contributed by atoms with van der Waals surface area (Å²) in [5.74, 6) is -0.719. The number of aryl methyl sites for hydroxylation is 3. The molecule has 21 heavy (non-hydrogen) atoms. The summed E-state index contributed by atoms with van der Waals surface area (Å²) >= 11 is 0. The van der Waals surface area contributed by atoms with Gasteiger partial charge in [-0.15, -0.1) is 0 Å². The van der Waals surface area contributed by atoms with Gasteiger partial charge in [0.1, 0.15) is 5.69 Å². The second kappa shape index (κ2) is 5.78. The van der Waals surface area contributed by atoms with E-state index >= 15 is 0 Å². The van der Waals surface area contributed by atoms with Crippen LogP contribution in [0.15, 0.2) is 24.3 Å². The Bertz CT molecular complexity index is 704. The molecule has 110 valence electrons. The molecule has 1 aromatic carbocycles. The first-order valence-corrected chi connectivity index (χ1v) is 6.68. The van der Waals surface area contributed by atoms with Gasteiger partial charge in [0.15, 0.2) is 0 Å². The molecule has 0 saturated heterocycles. The van der Waals surface area contributed by atoms with Crippen LogP contribution in [-0.2, 0) is 6.54 Å². The number of hydrogen-bond donors (Lipinski definition) is 2. The number of carbonyl (C=O) groups is 2. The number of amides is 2. The number of nitrogens with zero attached hydrogens (tertiary/aromatic N) is 2. The van der Waals surface area contributed by atoms with E-state index in [9.17, 15) is 9.59 Å². The van der Waals surface area contributed by atoms with Crippen molar-refractivity contribution in [3.05, 3.63) is 46.8 Å². The number of nitrogens with one attached hydrogen (secondary N) is 1. The fourth-order valence-electron chi connectivity index (χ4n) is 2.11. The highest BCUT2D eigenvalue weighted by molar-refractivity contribution is 6.04. The first-order chi connectivity index (χ1) is 9.92. The zero-order valence-corrected chi connectivity index (χ0v) is 12.3. The molecule has 0 atom stereocenters. The van der Waals surface area contributed by atoms with Gasteiger partial charge in [0.05, 0.1) is 5.69 Å². The van der Waals surface area contributed by atoms with E-state index in [1.54, 1.807) is 28.9 Å². The van der Waals surface area contributed by atoms with E-state index in [2.05, 4.69) is 10.4 Å². The number of carbonyl (C=O) groups excluding carboxylic acids is 2. The molecular weight excluding hydrogens is 268 g/mol. The number of aromatic nitrogens is 2. The van der Waals surface area contributed by atoms with Crippen LogP contribution in [0.2, 0.25) is 0 Å². The Hall–Kier alpha value is -2.63. The molecule has 0 aliphatic rings. The molecule has 0 spiro atoms. The summed E-state index contributed by atoms with van der Waals surface area (Å²) in [6.07, 6.45) is 0. The third-order valence-corrected chi connectivity index (χ3v) is 3.19. The second-order valence-electron chi connectivity index (χ2n) is 4.83. The fraction of sp³-hybridized carbons (Fsp3) is 0.267. The first kappa shape index (κ1) is 14.8. The monoisotopic (exact) mass is 286 g/mol. The van der Waals surface area contributed by atoms with E-state index in [1.807, 2.05) is 20.8 Å². The second-order valence-corrected chi connectivity index (χ2v) is 4.83. The van der Waals surface area contributed by atoms with Gasteiger partial charge < -0.3 is 11.1 Å². The van der Waals surface area contributed by atoms with Crippen LogP contribution in [0.25, 0.3) is 0 Å². The van der Waals surface area contributed by atoms with Crippen LogP contribution in [0.1, 0.15) is 39.0 Å². The molecule has 2 rings (SSSR count). The summed E-state index contributed by atoms with van der Waals surface area (Å²) in [4.78, 5) is 23.4. The lowest BCUT2D eigenvalue weighted by Crippen LogP contribution is -2.18. The maximum atomic E-state index is 12.3. The zero-order valence-electron chi connectivity index (χ0n) is 12.3. The van der Waals surface area contributed by atoms with Gasteiger partial charge in [0.2, 0.25) is 5.91 Å². The minimum absolute atomic E-state index is 0.229. The Morgan fingerprint density at radius 3 is 2.57 bits per heavy atom. The van der Waals surface area contributed by atoms with Crippen LogP contribution in [0.4, 0.5) is 5.69 Å². The normalized spacial score (nSPS) is 10.4. The predicted molar refractivity (Wildman–Crippen MR) is 80.3 cm³/mol. The molecule has 6 nitrogen and oxygen atoms in total. The lowest BCUT2D eigenvalue weighted by atomic mass is 10.1. The van der Waals surface area contributed by atoms with Crippen LogP contribution in [-0.4, -0.2) is 21.6 Å². The smallest absolute Gasteiger partial charge is 0.273 e. The van der Waals surface area contributed by atoms with E-state index in [1.165, 1.54) is 0 Å². The minimum atomic E-state index is -0.490. The molecule has 0 aliphatic heterocycles. The maximum absolute atomic E-state index is 12.3. The predicted octanol–water partition coefficient (Wildman–Crippen LogP) is 1.87. The van der Waals surface area contributed by atoms with Gasteiger partial charge >= 0.3 is 0 Å². The molecule has 0 saturated carbocycles. The maximum Gasteiger partial charge on any atom is 0.273 e. The summed E-state index contributed by atoms with van der Waals surface area (Å²) in [7, 11) is 0. The van der Waals surface area contributed by atoms with E-state index in [0.717, 1.165) is 11.3 Å². The number of primary amides is 1.